The maximum atomic E-state index is 11.9. The van der Waals surface area contributed by atoms with Crippen molar-refractivity contribution in [3.05, 3.63) is 0 Å². The van der Waals surface area contributed by atoms with Gasteiger partial charge in [0, 0.05) is 13.0 Å². The third kappa shape index (κ3) is 3.98. The SMILES string of the molecule is CCC1CCCCC1OC(=O)CCC1CCCO1. The zero-order valence-electron chi connectivity index (χ0n) is 11.5. The van der Waals surface area contributed by atoms with Gasteiger partial charge in [-0.05, 0) is 50.9 Å². The van der Waals surface area contributed by atoms with Crippen molar-refractivity contribution in [1.82, 2.24) is 0 Å². The van der Waals surface area contributed by atoms with E-state index in [1.54, 1.807) is 0 Å². The van der Waals surface area contributed by atoms with Crippen LogP contribution in [0.3, 0.4) is 0 Å². The van der Waals surface area contributed by atoms with Crippen LogP contribution in [0, 0.1) is 5.92 Å². The third-order valence-corrected chi connectivity index (χ3v) is 4.34. The molecule has 0 amide bonds. The monoisotopic (exact) mass is 254 g/mol. The van der Waals surface area contributed by atoms with Crippen molar-refractivity contribution in [3.63, 3.8) is 0 Å². The summed E-state index contributed by atoms with van der Waals surface area (Å²) in [5.74, 6) is 0.571. The Balaban J connectivity index is 1.68. The summed E-state index contributed by atoms with van der Waals surface area (Å²) in [5.41, 5.74) is 0. The molecule has 1 aliphatic heterocycles. The van der Waals surface area contributed by atoms with Crippen molar-refractivity contribution in [2.24, 2.45) is 5.92 Å². The van der Waals surface area contributed by atoms with Crippen LogP contribution in [0.15, 0.2) is 0 Å². The molecular weight excluding hydrogens is 228 g/mol. The number of hydrogen-bond acceptors (Lipinski definition) is 3. The molecule has 2 fully saturated rings. The van der Waals surface area contributed by atoms with Crippen LogP contribution in [0.1, 0.15) is 64.7 Å². The summed E-state index contributed by atoms with van der Waals surface area (Å²) in [6.07, 6.45) is 10.00. The highest BCUT2D eigenvalue weighted by Gasteiger charge is 2.27. The molecule has 104 valence electrons. The van der Waals surface area contributed by atoms with E-state index in [1.807, 2.05) is 0 Å². The second kappa shape index (κ2) is 7.13. The highest BCUT2D eigenvalue weighted by Crippen LogP contribution is 2.29. The summed E-state index contributed by atoms with van der Waals surface area (Å²) in [5, 5.41) is 0. The van der Waals surface area contributed by atoms with Gasteiger partial charge in [-0.2, -0.15) is 0 Å². The topological polar surface area (TPSA) is 35.5 Å². The van der Waals surface area contributed by atoms with Crippen LogP contribution < -0.4 is 0 Å². The Labute approximate surface area is 110 Å². The highest BCUT2D eigenvalue weighted by molar-refractivity contribution is 5.69. The predicted molar refractivity (Wildman–Crippen MR) is 70.3 cm³/mol. The van der Waals surface area contributed by atoms with Crippen LogP contribution in [0.25, 0.3) is 0 Å². The van der Waals surface area contributed by atoms with Gasteiger partial charge in [-0.25, -0.2) is 0 Å². The average Bonchev–Trinajstić information content (AvgIpc) is 2.90. The minimum Gasteiger partial charge on any atom is -0.462 e. The number of hydrogen-bond donors (Lipinski definition) is 0. The molecule has 18 heavy (non-hydrogen) atoms. The summed E-state index contributed by atoms with van der Waals surface area (Å²) in [6.45, 7) is 3.06. The normalized spacial score (nSPS) is 32.4. The summed E-state index contributed by atoms with van der Waals surface area (Å²) < 4.78 is 11.2. The van der Waals surface area contributed by atoms with Crippen molar-refractivity contribution in [1.29, 1.82) is 0 Å². The number of rotatable bonds is 5. The Kier molecular flexibility index (Phi) is 5.48. The number of carbonyl (C=O) groups is 1. The molecule has 3 atom stereocenters. The molecule has 3 unspecified atom stereocenters. The van der Waals surface area contributed by atoms with Crippen LogP contribution in [0.2, 0.25) is 0 Å². The Morgan fingerprint density at radius 1 is 1.22 bits per heavy atom. The van der Waals surface area contributed by atoms with Crippen molar-refractivity contribution in [2.75, 3.05) is 6.61 Å². The van der Waals surface area contributed by atoms with Gasteiger partial charge in [0.1, 0.15) is 6.10 Å². The van der Waals surface area contributed by atoms with Gasteiger partial charge in [-0.1, -0.05) is 13.3 Å². The van der Waals surface area contributed by atoms with Crippen molar-refractivity contribution in [2.45, 2.75) is 76.9 Å². The molecule has 0 spiro atoms. The fourth-order valence-electron chi connectivity index (χ4n) is 3.17. The quantitative estimate of drug-likeness (QED) is 0.705. The molecule has 1 heterocycles. The zero-order valence-corrected chi connectivity index (χ0v) is 11.5. The van der Waals surface area contributed by atoms with Gasteiger partial charge >= 0.3 is 5.97 Å². The molecule has 1 saturated heterocycles. The highest BCUT2D eigenvalue weighted by atomic mass is 16.5. The summed E-state index contributed by atoms with van der Waals surface area (Å²) in [4.78, 5) is 11.9. The summed E-state index contributed by atoms with van der Waals surface area (Å²) >= 11 is 0. The molecule has 1 aliphatic carbocycles. The molecular formula is C15H26O3. The molecule has 0 aromatic rings. The van der Waals surface area contributed by atoms with E-state index in [-0.39, 0.29) is 12.1 Å². The van der Waals surface area contributed by atoms with Gasteiger partial charge < -0.3 is 9.47 Å². The molecule has 3 heteroatoms. The van der Waals surface area contributed by atoms with Gasteiger partial charge in [0.15, 0.2) is 0 Å². The van der Waals surface area contributed by atoms with E-state index in [9.17, 15) is 4.79 Å². The first kappa shape index (κ1) is 13.9. The molecule has 0 N–H and O–H groups in total. The Hall–Kier alpha value is -0.570. The zero-order chi connectivity index (χ0) is 12.8. The number of carbonyl (C=O) groups excluding carboxylic acids is 1. The van der Waals surface area contributed by atoms with Crippen LogP contribution in [-0.2, 0) is 14.3 Å². The third-order valence-electron chi connectivity index (χ3n) is 4.34. The van der Waals surface area contributed by atoms with Gasteiger partial charge in [-0.3, -0.25) is 4.79 Å². The average molecular weight is 254 g/mol. The molecule has 0 aromatic heterocycles. The maximum absolute atomic E-state index is 11.9. The molecule has 0 bridgehead atoms. The van der Waals surface area contributed by atoms with E-state index in [0.29, 0.717) is 18.4 Å². The molecule has 1 saturated carbocycles. The van der Waals surface area contributed by atoms with Crippen LogP contribution in [0.5, 0.6) is 0 Å². The van der Waals surface area contributed by atoms with Crippen LogP contribution in [-0.4, -0.2) is 24.8 Å². The number of ether oxygens (including phenoxy) is 2. The standard InChI is InChI=1S/C15H26O3/c1-2-12-6-3-4-8-14(12)18-15(16)10-9-13-7-5-11-17-13/h12-14H,2-11H2,1H3. The first-order chi connectivity index (χ1) is 8.79. The molecule has 0 aromatic carbocycles. The lowest BCUT2D eigenvalue weighted by Crippen LogP contribution is -2.30. The van der Waals surface area contributed by atoms with Crippen molar-refractivity contribution in [3.8, 4) is 0 Å². The van der Waals surface area contributed by atoms with E-state index in [4.69, 9.17) is 9.47 Å². The fraction of sp³-hybridized carbons (Fsp3) is 0.933. The Morgan fingerprint density at radius 2 is 2.06 bits per heavy atom. The molecule has 0 radical (unpaired) electrons. The minimum absolute atomic E-state index is 0.0177. The Morgan fingerprint density at radius 3 is 2.78 bits per heavy atom. The van der Waals surface area contributed by atoms with Crippen molar-refractivity contribution >= 4 is 5.97 Å². The van der Waals surface area contributed by atoms with Crippen LogP contribution in [0.4, 0.5) is 0 Å². The van der Waals surface area contributed by atoms with Gasteiger partial charge in [0.25, 0.3) is 0 Å². The van der Waals surface area contributed by atoms with Gasteiger partial charge in [-0.15, -0.1) is 0 Å². The molecule has 2 aliphatic rings. The minimum atomic E-state index is -0.0177. The van der Waals surface area contributed by atoms with E-state index >= 15 is 0 Å². The largest absolute Gasteiger partial charge is 0.462 e. The maximum Gasteiger partial charge on any atom is 0.306 e. The van der Waals surface area contributed by atoms with E-state index in [0.717, 1.165) is 38.7 Å². The lowest BCUT2D eigenvalue weighted by molar-refractivity contribution is -0.154. The van der Waals surface area contributed by atoms with Gasteiger partial charge in [0.05, 0.1) is 6.10 Å². The summed E-state index contributed by atoms with van der Waals surface area (Å²) in [6, 6.07) is 0. The second-order valence-corrected chi connectivity index (χ2v) is 5.65. The van der Waals surface area contributed by atoms with Crippen molar-refractivity contribution < 1.29 is 14.3 Å². The Bertz CT molecular complexity index is 258. The van der Waals surface area contributed by atoms with E-state index in [2.05, 4.69) is 6.92 Å². The number of esters is 1. The first-order valence-electron chi connectivity index (χ1n) is 7.60. The van der Waals surface area contributed by atoms with Gasteiger partial charge in [0.2, 0.25) is 0 Å². The summed E-state index contributed by atoms with van der Waals surface area (Å²) in [7, 11) is 0. The van der Waals surface area contributed by atoms with Crippen LogP contribution >= 0.6 is 0 Å². The van der Waals surface area contributed by atoms with E-state index in [1.165, 1.54) is 19.3 Å². The second-order valence-electron chi connectivity index (χ2n) is 5.65. The molecule has 3 nitrogen and oxygen atoms in total. The smallest absolute Gasteiger partial charge is 0.306 e. The predicted octanol–water partition coefficient (Wildman–Crippen LogP) is 3.46. The van der Waals surface area contributed by atoms with E-state index < -0.39 is 0 Å². The first-order valence-corrected chi connectivity index (χ1v) is 7.60. The fourth-order valence-corrected chi connectivity index (χ4v) is 3.17. The lowest BCUT2D eigenvalue weighted by Gasteiger charge is -2.30. The lowest BCUT2D eigenvalue weighted by atomic mass is 9.85. The molecule has 2 rings (SSSR count).